The minimum atomic E-state index is 0.0174. The van der Waals surface area contributed by atoms with Crippen LogP contribution in [0.3, 0.4) is 0 Å². The fourth-order valence-electron chi connectivity index (χ4n) is 4.38. The summed E-state index contributed by atoms with van der Waals surface area (Å²) in [6.45, 7) is 4.11. The Kier molecular flexibility index (Phi) is 7.22. The molecule has 1 aliphatic heterocycles. The van der Waals surface area contributed by atoms with Crippen LogP contribution in [0.1, 0.15) is 24.4 Å². The van der Waals surface area contributed by atoms with Gasteiger partial charge in [0, 0.05) is 61.4 Å². The van der Waals surface area contributed by atoms with E-state index in [2.05, 4.69) is 30.5 Å². The molecule has 0 aliphatic carbocycles. The topological polar surface area (TPSA) is 98.1 Å². The normalized spacial score (nSPS) is 14.1. The van der Waals surface area contributed by atoms with E-state index in [0.29, 0.717) is 13.0 Å². The van der Waals surface area contributed by atoms with Gasteiger partial charge >= 0.3 is 0 Å². The molecule has 186 valence electrons. The van der Waals surface area contributed by atoms with Crippen LogP contribution in [-0.2, 0) is 11.2 Å². The highest BCUT2D eigenvalue weighted by molar-refractivity contribution is 7.13. The SMILES string of the molecule is COc1ccc(-c2nc(CCNC(=O)C3CCN(c4cc(-n5ccnc5C)ncn4)CC3)cs2)cc1. The van der Waals surface area contributed by atoms with Crippen molar-refractivity contribution in [1.82, 2.24) is 29.8 Å². The number of aromatic nitrogens is 5. The molecule has 1 aliphatic rings. The number of piperidine rings is 1. The fourth-order valence-corrected chi connectivity index (χ4v) is 5.24. The zero-order chi connectivity index (χ0) is 24.9. The number of nitrogens with zero attached hydrogens (tertiary/aromatic N) is 6. The molecule has 1 N–H and O–H groups in total. The smallest absolute Gasteiger partial charge is 0.223 e. The Morgan fingerprint density at radius 1 is 1.14 bits per heavy atom. The molecule has 10 heteroatoms. The van der Waals surface area contributed by atoms with E-state index in [1.807, 2.05) is 48.0 Å². The quantitative estimate of drug-likeness (QED) is 0.392. The Labute approximate surface area is 214 Å². The Morgan fingerprint density at radius 2 is 1.92 bits per heavy atom. The standard InChI is InChI=1S/C26H29N7O2S/c1-18-27-11-14-33(18)24-15-23(29-17-30-24)32-12-8-19(9-13-32)25(34)28-10-7-21-16-36-26(31-21)20-3-5-22(35-2)6-4-20/h3-6,11,14-17,19H,7-10,12-13H2,1-2H3,(H,28,34). The van der Waals surface area contributed by atoms with Gasteiger partial charge in [-0.15, -0.1) is 11.3 Å². The van der Waals surface area contributed by atoms with Gasteiger partial charge in [0.2, 0.25) is 5.91 Å². The molecule has 5 rings (SSSR count). The average molecular weight is 504 g/mol. The summed E-state index contributed by atoms with van der Waals surface area (Å²) in [5.74, 6) is 3.52. The van der Waals surface area contributed by atoms with Crippen LogP contribution in [0, 0.1) is 12.8 Å². The maximum atomic E-state index is 12.8. The number of amides is 1. The van der Waals surface area contributed by atoms with E-state index in [1.165, 1.54) is 0 Å². The van der Waals surface area contributed by atoms with Gasteiger partial charge in [0.05, 0.1) is 12.8 Å². The maximum Gasteiger partial charge on any atom is 0.223 e. The number of ether oxygens (including phenoxy) is 1. The van der Waals surface area contributed by atoms with E-state index in [4.69, 9.17) is 9.72 Å². The zero-order valence-corrected chi connectivity index (χ0v) is 21.2. The van der Waals surface area contributed by atoms with Gasteiger partial charge in [0.1, 0.15) is 34.5 Å². The van der Waals surface area contributed by atoms with Gasteiger partial charge in [-0.1, -0.05) is 0 Å². The van der Waals surface area contributed by atoms with Crippen LogP contribution in [0.4, 0.5) is 5.82 Å². The van der Waals surface area contributed by atoms with Crippen LogP contribution in [0.15, 0.2) is 54.4 Å². The van der Waals surface area contributed by atoms with E-state index in [-0.39, 0.29) is 11.8 Å². The number of thiazole rings is 1. The summed E-state index contributed by atoms with van der Waals surface area (Å²) < 4.78 is 7.16. The van der Waals surface area contributed by atoms with Crippen molar-refractivity contribution in [3.05, 3.63) is 66.0 Å². The number of imidazole rings is 1. The lowest BCUT2D eigenvalue weighted by Crippen LogP contribution is -2.41. The lowest BCUT2D eigenvalue weighted by molar-refractivity contribution is -0.125. The van der Waals surface area contributed by atoms with Crippen molar-refractivity contribution in [2.45, 2.75) is 26.2 Å². The first-order valence-corrected chi connectivity index (χ1v) is 12.9. The number of methoxy groups -OCH3 is 1. The molecule has 0 saturated carbocycles. The summed E-state index contributed by atoms with van der Waals surface area (Å²) in [6.07, 6.45) is 7.55. The number of rotatable bonds is 8. The number of carbonyl (C=O) groups is 1. The second-order valence-corrected chi connectivity index (χ2v) is 9.61. The zero-order valence-electron chi connectivity index (χ0n) is 20.4. The monoisotopic (exact) mass is 503 g/mol. The average Bonchev–Trinajstić information content (AvgIpc) is 3.58. The van der Waals surface area contributed by atoms with Crippen LogP contribution >= 0.6 is 11.3 Å². The molecule has 4 heterocycles. The molecule has 1 aromatic carbocycles. The third-order valence-electron chi connectivity index (χ3n) is 6.47. The molecule has 0 unspecified atom stereocenters. The molecule has 9 nitrogen and oxygen atoms in total. The molecule has 36 heavy (non-hydrogen) atoms. The molecule has 3 aromatic heterocycles. The number of hydrogen-bond donors (Lipinski definition) is 1. The molecule has 1 amide bonds. The third-order valence-corrected chi connectivity index (χ3v) is 7.41. The van der Waals surface area contributed by atoms with Crippen molar-refractivity contribution < 1.29 is 9.53 Å². The van der Waals surface area contributed by atoms with Crippen molar-refractivity contribution in [3.8, 4) is 22.1 Å². The highest BCUT2D eigenvalue weighted by atomic mass is 32.1. The van der Waals surface area contributed by atoms with Crippen LogP contribution in [0.25, 0.3) is 16.4 Å². The van der Waals surface area contributed by atoms with Gasteiger partial charge in [0.25, 0.3) is 0 Å². The number of nitrogens with one attached hydrogen (secondary N) is 1. The Balaban J connectivity index is 1.09. The second-order valence-electron chi connectivity index (χ2n) is 8.75. The number of hydrogen-bond acceptors (Lipinski definition) is 8. The number of carbonyl (C=O) groups excluding carboxylic acids is 1. The Bertz CT molecular complexity index is 1310. The number of anilines is 1. The van der Waals surface area contributed by atoms with Crippen molar-refractivity contribution >= 4 is 23.1 Å². The summed E-state index contributed by atoms with van der Waals surface area (Å²) in [7, 11) is 1.66. The van der Waals surface area contributed by atoms with Crippen molar-refractivity contribution in [1.29, 1.82) is 0 Å². The summed E-state index contributed by atoms with van der Waals surface area (Å²) in [5.41, 5.74) is 2.06. The van der Waals surface area contributed by atoms with Crippen LogP contribution in [0.2, 0.25) is 0 Å². The molecular weight excluding hydrogens is 474 g/mol. The molecule has 0 spiro atoms. The first-order chi connectivity index (χ1) is 17.6. The predicted octanol–water partition coefficient (Wildman–Crippen LogP) is 3.68. The van der Waals surface area contributed by atoms with E-state index < -0.39 is 0 Å². The third kappa shape index (κ3) is 5.38. The highest BCUT2D eigenvalue weighted by Gasteiger charge is 2.25. The van der Waals surface area contributed by atoms with Gasteiger partial charge < -0.3 is 15.0 Å². The highest BCUT2D eigenvalue weighted by Crippen LogP contribution is 2.26. The van der Waals surface area contributed by atoms with E-state index in [0.717, 1.165) is 65.4 Å². The molecular formula is C26H29N7O2S. The van der Waals surface area contributed by atoms with Crippen molar-refractivity contribution in [3.63, 3.8) is 0 Å². The van der Waals surface area contributed by atoms with E-state index in [1.54, 1.807) is 31.0 Å². The molecule has 0 bridgehead atoms. The van der Waals surface area contributed by atoms with E-state index in [9.17, 15) is 4.79 Å². The van der Waals surface area contributed by atoms with Gasteiger partial charge in [-0.2, -0.15) is 0 Å². The first kappa shape index (κ1) is 23.9. The number of aryl methyl sites for hydroxylation is 1. The molecule has 1 fully saturated rings. The molecule has 0 atom stereocenters. The summed E-state index contributed by atoms with van der Waals surface area (Å²) >= 11 is 1.62. The molecule has 4 aromatic rings. The van der Waals surface area contributed by atoms with Crippen LogP contribution in [-0.4, -0.2) is 57.2 Å². The summed E-state index contributed by atoms with van der Waals surface area (Å²) in [6, 6.07) is 9.87. The van der Waals surface area contributed by atoms with Crippen LogP contribution in [0.5, 0.6) is 5.75 Å². The molecule has 1 saturated heterocycles. The first-order valence-electron chi connectivity index (χ1n) is 12.0. The largest absolute Gasteiger partial charge is 0.497 e. The van der Waals surface area contributed by atoms with Crippen molar-refractivity contribution in [2.24, 2.45) is 5.92 Å². The van der Waals surface area contributed by atoms with Crippen molar-refractivity contribution in [2.75, 3.05) is 31.6 Å². The summed E-state index contributed by atoms with van der Waals surface area (Å²) in [5, 5.41) is 6.14. The van der Waals surface area contributed by atoms with Gasteiger partial charge in [-0.05, 0) is 44.0 Å². The maximum absolute atomic E-state index is 12.8. The predicted molar refractivity (Wildman–Crippen MR) is 140 cm³/mol. The molecule has 0 radical (unpaired) electrons. The fraction of sp³-hybridized carbons (Fsp3) is 0.346. The Hall–Kier alpha value is -3.79. The second kappa shape index (κ2) is 10.9. The minimum Gasteiger partial charge on any atom is -0.497 e. The minimum absolute atomic E-state index is 0.0174. The number of benzene rings is 1. The summed E-state index contributed by atoms with van der Waals surface area (Å²) in [4.78, 5) is 32.8. The van der Waals surface area contributed by atoms with E-state index >= 15 is 0 Å². The van der Waals surface area contributed by atoms with Gasteiger partial charge in [0.15, 0.2) is 0 Å². The lowest BCUT2D eigenvalue weighted by Gasteiger charge is -2.32. The Morgan fingerprint density at radius 3 is 2.64 bits per heavy atom. The van der Waals surface area contributed by atoms with Gasteiger partial charge in [-0.25, -0.2) is 19.9 Å². The van der Waals surface area contributed by atoms with Gasteiger partial charge in [-0.3, -0.25) is 9.36 Å². The van der Waals surface area contributed by atoms with Crippen LogP contribution < -0.4 is 15.0 Å². The lowest BCUT2D eigenvalue weighted by atomic mass is 9.96.